The maximum absolute atomic E-state index is 12.2. The third-order valence-electron chi connectivity index (χ3n) is 3.17. The summed E-state index contributed by atoms with van der Waals surface area (Å²) in [5, 5.41) is 3.29. The molecule has 1 heterocycles. The summed E-state index contributed by atoms with van der Waals surface area (Å²) in [6, 6.07) is 0.153. The van der Waals surface area contributed by atoms with Crippen molar-refractivity contribution in [3.63, 3.8) is 0 Å². The summed E-state index contributed by atoms with van der Waals surface area (Å²) in [7, 11) is 1.67. The second kappa shape index (κ2) is 7.63. The molecule has 0 aromatic rings. The van der Waals surface area contributed by atoms with Crippen molar-refractivity contribution in [2.24, 2.45) is 0 Å². The van der Waals surface area contributed by atoms with E-state index in [0.717, 1.165) is 32.7 Å². The minimum absolute atomic E-state index is 0.153. The van der Waals surface area contributed by atoms with E-state index in [9.17, 15) is 4.79 Å². The van der Waals surface area contributed by atoms with Gasteiger partial charge in [-0.15, -0.1) is 0 Å². The van der Waals surface area contributed by atoms with Crippen LogP contribution in [0.4, 0.5) is 0 Å². The van der Waals surface area contributed by atoms with Gasteiger partial charge in [-0.2, -0.15) is 0 Å². The smallest absolute Gasteiger partial charge is 0.237 e. The van der Waals surface area contributed by atoms with E-state index in [1.807, 2.05) is 18.7 Å². The van der Waals surface area contributed by atoms with Crippen molar-refractivity contribution in [1.29, 1.82) is 0 Å². The molecule has 1 saturated heterocycles. The number of nitrogens with zero attached hydrogens (tertiary/aromatic N) is 2. The van der Waals surface area contributed by atoms with Gasteiger partial charge in [-0.3, -0.25) is 9.69 Å². The van der Waals surface area contributed by atoms with Crippen LogP contribution in [0.5, 0.6) is 0 Å². The first-order valence-electron chi connectivity index (χ1n) is 6.40. The van der Waals surface area contributed by atoms with Gasteiger partial charge in [-0.1, -0.05) is 0 Å². The van der Waals surface area contributed by atoms with E-state index in [0.29, 0.717) is 13.2 Å². The first-order valence-corrected chi connectivity index (χ1v) is 6.40. The minimum atomic E-state index is 0.153. The Labute approximate surface area is 104 Å². The molecule has 0 spiro atoms. The Bertz CT molecular complexity index is 230. The van der Waals surface area contributed by atoms with E-state index in [1.165, 1.54) is 0 Å². The fraction of sp³-hybridized carbons (Fsp3) is 0.917. The molecule has 1 rings (SSSR count). The van der Waals surface area contributed by atoms with Crippen LogP contribution in [0.15, 0.2) is 0 Å². The van der Waals surface area contributed by atoms with Crippen LogP contribution < -0.4 is 5.32 Å². The number of carbonyl (C=O) groups excluding carboxylic acids is 1. The molecule has 1 unspecified atom stereocenters. The molecule has 100 valence electrons. The molecular formula is C12H25N3O2. The number of amides is 1. The molecule has 0 bridgehead atoms. The average molecular weight is 243 g/mol. The van der Waals surface area contributed by atoms with Crippen molar-refractivity contribution in [1.82, 2.24) is 15.1 Å². The normalized spacial score (nSPS) is 19.0. The van der Waals surface area contributed by atoms with E-state index in [2.05, 4.69) is 10.2 Å². The van der Waals surface area contributed by atoms with Crippen molar-refractivity contribution in [2.75, 3.05) is 53.0 Å². The molecule has 0 radical (unpaired) electrons. The molecule has 1 aliphatic heterocycles. The fourth-order valence-corrected chi connectivity index (χ4v) is 2.22. The van der Waals surface area contributed by atoms with Crippen LogP contribution in [0.25, 0.3) is 0 Å². The lowest BCUT2D eigenvalue weighted by Gasteiger charge is -2.32. The van der Waals surface area contributed by atoms with E-state index in [4.69, 9.17) is 4.74 Å². The van der Waals surface area contributed by atoms with Crippen LogP contribution in [0.3, 0.4) is 0 Å². The molecule has 1 amide bonds. The number of ether oxygens (including phenoxy) is 1. The van der Waals surface area contributed by atoms with Gasteiger partial charge in [0.05, 0.1) is 19.2 Å². The third kappa shape index (κ3) is 4.61. The highest BCUT2D eigenvalue weighted by atomic mass is 16.5. The van der Waals surface area contributed by atoms with Gasteiger partial charge in [-0.25, -0.2) is 0 Å². The average Bonchev–Trinajstić information content (AvgIpc) is 2.31. The Morgan fingerprint density at radius 2 is 2.12 bits per heavy atom. The Kier molecular flexibility index (Phi) is 6.47. The second-order valence-electron chi connectivity index (χ2n) is 4.51. The fourth-order valence-electron chi connectivity index (χ4n) is 2.22. The quantitative estimate of drug-likeness (QED) is 0.700. The minimum Gasteiger partial charge on any atom is -0.383 e. The van der Waals surface area contributed by atoms with Crippen LogP contribution in [-0.2, 0) is 9.53 Å². The van der Waals surface area contributed by atoms with E-state index in [-0.39, 0.29) is 11.9 Å². The number of methoxy groups -OCH3 is 1. The molecule has 1 aliphatic rings. The topological polar surface area (TPSA) is 44.8 Å². The molecular weight excluding hydrogens is 218 g/mol. The zero-order valence-corrected chi connectivity index (χ0v) is 11.2. The van der Waals surface area contributed by atoms with Crippen molar-refractivity contribution in [2.45, 2.75) is 19.9 Å². The van der Waals surface area contributed by atoms with Crippen LogP contribution in [0, 0.1) is 0 Å². The van der Waals surface area contributed by atoms with Gasteiger partial charge < -0.3 is 15.0 Å². The van der Waals surface area contributed by atoms with Crippen molar-refractivity contribution in [3.8, 4) is 0 Å². The summed E-state index contributed by atoms with van der Waals surface area (Å²) in [5.74, 6) is 0.207. The zero-order chi connectivity index (χ0) is 12.7. The van der Waals surface area contributed by atoms with Crippen molar-refractivity contribution in [3.05, 3.63) is 0 Å². The standard InChI is InChI=1S/C12H25N3O2/c1-4-15(11(2)10-17-3)12(16)9-14-7-5-13-6-8-14/h11,13H,4-10H2,1-3H3. The second-order valence-corrected chi connectivity index (χ2v) is 4.51. The zero-order valence-electron chi connectivity index (χ0n) is 11.2. The number of likely N-dealkylation sites (N-methyl/N-ethyl adjacent to an activating group) is 1. The highest BCUT2D eigenvalue weighted by Gasteiger charge is 2.21. The molecule has 0 aliphatic carbocycles. The summed E-state index contributed by atoms with van der Waals surface area (Å²) >= 11 is 0. The lowest BCUT2D eigenvalue weighted by atomic mass is 10.2. The maximum Gasteiger partial charge on any atom is 0.237 e. The van der Waals surface area contributed by atoms with Gasteiger partial charge in [0.15, 0.2) is 0 Å². The van der Waals surface area contributed by atoms with Gasteiger partial charge in [0.25, 0.3) is 0 Å². The van der Waals surface area contributed by atoms with Crippen molar-refractivity contribution >= 4 is 5.91 Å². The van der Waals surface area contributed by atoms with Crippen LogP contribution in [-0.4, -0.2) is 74.7 Å². The lowest BCUT2D eigenvalue weighted by molar-refractivity contribution is -0.135. The van der Waals surface area contributed by atoms with Crippen LogP contribution in [0.2, 0.25) is 0 Å². The predicted molar refractivity (Wildman–Crippen MR) is 68.0 cm³/mol. The molecule has 0 aromatic carbocycles. The van der Waals surface area contributed by atoms with Gasteiger partial charge >= 0.3 is 0 Å². The third-order valence-corrected chi connectivity index (χ3v) is 3.17. The first-order chi connectivity index (χ1) is 8.19. The van der Waals surface area contributed by atoms with Gasteiger partial charge in [-0.05, 0) is 13.8 Å². The highest BCUT2D eigenvalue weighted by molar-refractivity contribution is 5.78. The Morgan fingerprint density at radius 3 is 2.65 bits per heavy atom. The highest BCUT2D eigenvalue weighted by Crippen LogP contribution is 2.02. The molecule has 0 aromatic heterocycles. The summed E-state index contributed by atoms with van der Waals surface area (Å²) in [5.41, 5.74) is 0. The molecule has 0 saturated carbocycles. The number of nitrogens with one attached hydrogen (secondary N) is 1. The molecule has 17 heavy (non-hydrogen) atoms. The largest absolute Gasteiger partial charge is 0.383 e. The van der Waals surface area contributed by atoms with E-state index in [1.54, 1.807) is 7.11 Å². The molecule has 5 nitrogen and oxygen atoms in total. The molecule has 1 N–H and O–H groups in total. The first kappa shape index (κ1) is 14.4. The Hall–Kier alpha value is -0.650. The predicted octanol–water partition coefficient (Wildman–Crippen LogP) is -0.225. The van der Waals surface area contributed by atoms with Crippen molar-refractivity contribution < 1.29 is 9.53 Å². The number of carbonyl (C=O) groups is 1. The number of piperazine rings is 1. The number of hydrogen-bond acceptors (Lipinski definition) is 4. The summed E-state index contributed by atoms with van der Waals surface area (Å²) in [4.78, 5) is 16.3. The Morgan fingerprint density at radius 1 is 1.47 bits per heavy atom. The summed E-state index contributed by atoms with van der Waals surface area (Å²) in [6.07, 6.45) is 0. The molecule has 5 heteroatoms. The summed E-state index contributed by atoms with van der Waals surface area (Å²) < 4.78 is 5.11. The van der Waals surface area contributed by atoms with Gasteiger partial charge in [0.1, 0.15) is 0 Å². The monoisotopic (exact) mass is 243 g/mol. The SMILES string of the molecule is CCN(C(=O)CN1CCNCC1)C(C)COC. The summed E-state index contributed by atoms with van der Waals surface area (Å²) in [6.45, 7) is 9.80. The van der Waals surface area contributed by atoms with E-state index < -0.39 is 0 Å². The van der Waals surface area contributed by atoms with Crippen LogP contribution >= 0.6 is 0 Å². The molecule has 1 atom stereocenters. The van der Waals surface area contributed by atoms with Crippen LogP contribution in [0.1, 0.15) is 13.8 Å². The number of hydrogen-bond donors (Lipinski definition) is 1. The lowest BCUT2D eigenvalue weighted by Crippen LogP contribution is -2.50. The van der Waals surface area contributed by atoms with Gasteiger partial charge in [0.2, 0.25) is 5.91 Å². The van der Waals surface area contributed by atoms with E-state index >= 15 is 0 Å². The maximum atomic E-state index is 12.2. The van der Waals surface area contributed by atoms with Gasteiger partial charge in [0, 0.05) is 39.8 Å². The number of rotatable bonds is 6. The molecule has 1 fully saturated rings. The Balaban J connectivity index is 2.41.